The molecule has 4 aromatic heterocycles. The van der Waals surface area contributed by atoms with Crippen LogP contribution in [0.1, 0.15) is 93.2 Å². The van der Waals surface area contributed by atoms with Crippen molar-refractivity contribution in [2.45, 2.75) is 67.0 Å². The lowest BCUT2D eigenvalue weighted by Crippen LogP contribution is -2.42. The molecule has 28 nitrogen and oxygen atoms in total. The van der Waals surface area contributed by atoms with Crippen LogP contribution in [0.5, 0.6) is 0 Å². The third-order valence-corrected chi connectivity index (χ3v) is 18.1. The molecule has 0 saturated heterocycles. The van der Waals surface area contributed by atoms with E-state index in [4.69, 9.17) is 19.4 Å². The Kier molecular flexibility index (Phi) is 29.0. The number of urea groups is 2. The quantitative estimate of drug-likeness (QED) is 0.0111. The van der Waals surface area contributed by atoms with Crippen LogP contribution < -0.4 is 53.7 Å². The Morgan fingerprint density at radius 3 is 1.14 bits per heavy atom. The van der Waals surface area contributed by atoms with Crippen LogP contribution >= 0.6 is 0 Å². The van der Waals surface area contributed by atoms with E-state index >= 15 is 17.6 Å². The maximum absolute atomic E-state index is 15.4. The Balaban J connectivity index is 0.719. The molecule has 0 radical (unpaired) electrons. The number of imidazole rings is 2. The third kappa shape index (κ3) is 22.1. The first-order valence-corrected chi connectivity index (χ1v) is 37.6. The highest BCUT2D eigenvalue weighted by Gasteiger charge is 2.30. The van der Waals surface area contributed by atoms with Gasteiger partial charge in [0.2, 0.25) is 35.2 Å². The second-order valence-electron chi connectivity index (χ2n) is 26.6. The summed E-state index contributed by atoms with van der Waals surface area (Å²) in [7, 11) is 0. The molecular weight excluding hydrogens is 1530 g/mol. The highest BCUT2D eigenvalue weighted by Crippen LogP contribution is 2.31. The van der Waals surface area contributed by atoms with Gasteiger partial charge in [0, 0.05) is 96.4 Å². The van der Waals surface area contributed by atoms with Crippen molar-refractivity contribution in [2.75, 3.05) is 76.2 Å². The minimum absolute atomic E-state index is 0.103. The molecule has 11 rings (SSSR count). The number of esters is 2. The predicted octanol–water partition coefficient (Wildman–Crippen LogP) is 8.50. The molecule has 11 aromatic rings. The van der Waals surface area contributed by atoms with Gasteiger partial charge in [-0.1, -0.05) is 121 Å². The second kappa shape index (κ2) is 40.5. The van der Waals surface area contributed by atoms with Crippen LogP contribution in [0.2, 0.25) is 0 Å². The number of fused-ring (bicyclic) bond motifs is 2. The Labute approximate surface area is 674 Å². The van der Waals surface area contributed by atoms with Crippen LogP contribution in [0, 0.1) is 47.0 Å². The average Bonchev–Trinajstić information content (AvgIpc) is 1.59. The summed E-state index contributed by atoms with van der Waals surface area (Å²) in [6, 6.07) is 43.7. The van der Waals surface area contributed by atoms with E-state index in [0.717, 1.165) is 56.6 Å². The molecule has 0 unspecified atom stereocenters. The fraction of sp³-hybridized carbons (Fsp3) is 0.233. The van der Waals surface area contributed by atoms with Gasteiger partial charge in [0.1, 0.15) is 34.4 Å². The molecule has 0 bridgehead atoms. The average molecular weight is 1610 g/mol. The normalized spacial score (nSPS) is 10.9. The molecule has 0 aliphatic rings. The van der Waals surface area contributed by atoms with E-state index in [1.165, 1.54) is 21.3 Å². The Bertz CT molecular complexity index is 5410. The topological polar surface area (TPSA) is 336 Å². The number of rotatable bonds is 32. The minimum Gasteiger partial charge on any atom is -0.462 e. The molecule has 4 heterocycles. The zero-order chi connectivity index (χ0) is 83.8. The molecule has 0 saturated carbocycles. The van der Waals surface area contributed by atoms with Crippen molar-refractivity contribution in [3.63, 3.8) is 0 Å². The lowest BCUT2D eigenvalue weighted by molar-refractivity contribution is -0.126. The van der Waals surface area contributed by atoms with Gasteiger partial charge in [-0.3, -0.25) is 38.6 Å². The molecule has 0 atom stereocenters. The van der Waals surface area contributed by atoms with Gasteiger partial charge in [0.05, 0.1) is 88.3 Å². The number of ether oxygens (including phenoxy) is 2. The number of amides is 8. The van der Waals surface area contributed by atoms with Gasteiger partial charge >= 0.3 is 24.0 Å². The van der Waals surface area contributed by atoms with Gasteiger partial charge in [-0.2, -0.15) is 0 Å². The van der Waals surface area contributed by atoms with Gasteiger partial charge in [0.25, 0.3) is 11.1 Å². The van der Waals surface area contributed by atoms with E-state index < -0.39 is 119 Å². The molecular formula is C86H82F4N16O12. The first-order chi connectivity index (χ1) is 57.1. The highest BCUT2D eigenvalue weighted by atomic mass is 19.1. The minimum atomic E-state index is -1.01. The monoisotopic (exact) mass is 1610 g/mol. The van der Waals surface area contributed by atoms with Crippen molar-refractivity contribution >= 4 is 70.6 Å². The fourth-order valence-electron chi connectivity index (χ4n) is 12.6. The first-order valence-electron chi connectivity index (χ1n) is 37.6. The predicted molar refractivity (Wildman–Crippen MR) is 431 cm³/mol. The number of benzene rings is 7. The van der Waals surface area contributed by atoms with E-state index in [-0.39, 0.29) is 111 Å². The summed E-state index contributed by atoms with van der Waals surface area (Å²) in [6.45, 7) is 4.09. The largest absolute Gasteiger partial charge is 0.462 e. The van der Waals surface area contributed by atoms with Crippen LogP contribution in [0.25, 0.3) is 34.1 Å². The molecule has 8 amide bonds. The number of nitrogens with one attached hydrogen (secondary N) is 8. The molecule has 0 fully saturated rings. The van der Waals surface area contributed by atoms with E-state index in [0.29, 0.717) is 46.7 Å². The summed E-state index contributed by atoms with van der Waals surface area (Å²) in [5, 5.41) is 21.4. The van der Waals surface area contributed by atoms with E-state index in [1.54, 1.807) is 135 Å². The van der Waals surface area contributed by atoms with Gasteiger partial charge < -0.3 is 61.1 Å². The van der Waals surface area contributed by atoms with Crippen LogP contribution in [0.15, 0.2) is 192 Å². The molecule has 118 heavy (non-hydrogen) atoms. The van der Waals surface area contributed by atoms with Gasteiger partial charge in [0.15, 0.2) is 0 Å². The number of hydrogen-bond donors (Lipinski definition) is 8. The lowest BCUT2D eigenvalue weighted by atomic mass is 10.1. The zero-order valence-electron chi connectivity index (χ0n) is 64.6. The van der Waals surface area contributed by atoms with Crippen LogP contribution in [-0.4, -0.2) is 151 Å². The molecule has 0 spiro atoms. The van der Waals surface area contributed by atoms with E-state index in [2.05, 4.69) is 66.2 Å². The van der Waals surface area contributed by atoms with Crippen molar-refractivity contribution in [1.82, 2.24) is 69.6 Å². The zero-order valence-corrected chi connectivity index (χ0v) is 64.6. The summed E-state index contributed by atoms with van der Waals surface area (Å²) in [5.41, 5.74) is 1.57. The standard InChI is InChI=1S/C86H82F4N16O12/c1-5-91-83(115)97-61-37-33-59(34-38-61)77-71(105-79(111)65(81(113)117-7-3)49-103(85(105)99-77)47-63-67(87)25-15-26-68(63)88)51-101(45-57-19-11-9-12-20-57)53-75(109)95-43-73(107)93-41-17-23-55-29-31-56(32-30-55)24-18-42-94-74(108)44-96-76(110)54-102(46-58-21-13-10-14-22-58)52-72-78(60-35-39-62(40-36-60)98-84(116)92-6-2)100-86-104(48-64-69(89)27-16-28-70(64)90)50-66(80(112)106(72)86)82(114)118-8-4/h9-16,19-22,25-40,49-50H,5-8,41-48,51-54H2,1-4H3,(H,93,107)(H,94,108)(H,95,109)(H,96,110)(H2,91,97,115)(H2,92,98,116). The number of nitrogens with zero attached hydrogens (tertiary/aromatic N) is 8. The van der Waals surface area contributed by atoms with Crippen LogP contribution in [0.3, 0.4) is 0 Å². The summed E-state index contributed by atoms with van der Waals surface area (Å²) < 4.78 is 76.9. The Morgan fingerprint density at radius 1 is 0.424 bits per heavy atom. The van der Waals surface area contributed by atoms with Crippen molar-refractivity contribution in [2.24, 2.45) is 0 Å². The smallest absolute Gasteiger partial charge is 0.345 e. The van der Waals surface area contributed by atoms with Crippen molar-refractivity contribution in [3.05, 3.63) is 282 Å². The molecule has 32 heteroatoms. The number of halogens is 4. The maximum atomic E-state index is 15.4. The second-order valence-corrected chi connectivity index (χ2v) is 26.6. The highest BCUT2D eigenvalue weighted by molar-refractivity contribution is 5.92. The van der Waals surface area contributed by atoms with Crippen LogP contribution in [0.4, 0.5) is 38.5 Å². The van der Waals surface area contributed by atoms with Gasteiger partial charge in [-0.05, 0) is 112 Å². The maximum Gasteiger partial charge on any atom is 0.345 e. The number of hydrogen-bond acceptors (Lipinski definition) is 16. The van der Waals surface area contributed by atoms with E-state index in [1.807, 2.05) is 36.4 Å². The van der Waals surface area contributed by atoms with Crippen LogP contribution in [-0.2, 0) is 67.9 Å². The molecule has 8 N–H and O–H groups in total. The molecule has 606 valence electrons. The van der Waals surface area contributed by atoms with Crippen molar-refractivity contribution < 1.29 is 65.4 Å². The van der Waals surface area contributed by atoms with Crippen molar-refractivity contribution in [3.8, 4) is 46.2 Å². The summed E-state index contributed by atoms with van der Waals surface area (Å²) in [6.07, 6.45) is 2.27. The van der Waals surface area contributed by atoms with Gasteiger partial charge in [-0.25, -0.2) is 55.5 Å². The molecule has 0 aliphatic heterocycles. The summed E-state index contributed by atoms with van der Waals surface area (Å²) >= 11 is 0. The first kappa shape index (κ1) is 84.4. The Morgan fingerprint density at radius 2 is 0.788 bits per heavy atom. The number of carbonyl (C=O) groups is 8. The summed E-state index contributed by atoms with van der Waals surface area (Å²) in [5.74, 6) is 3.53. The Hall–Kier alpha value is -14.5. The third-order valence-electron chi connectivity index (χ3n) is 18.1. The van der Waals surface area contributed by atoms with Gasteiger partial charge in [-0.15, -0.1) is 0 Å². The molecule has 7 aromatic carbocycles. The van der Waals surface area contributed by atoms with E-state index in [9.17, 15) is 47.9 Å². The summed E-state index contributed by atoms with van der Waals surface area (Å²) in [4.78, 5) is 149. The lowest BCUT2D eigenvalue weighted by Gasteiger charge is -2.23. The van der Waals surface area contributed by atoms with Crippen molar-refractivity contribution in [1.29, 1.82) is 0 Å². The fourth-order valence-corrected chi connectivity index (χ4v) is 12.6. The number of anilines is 2. The SMILES string of the molecule is CCNC(=O)Nc1ccc(-c2nc3n(Cc4c(F)cccc4F)cc(C(=O)OCC)c(=O)n3c2CN(CC(=O)NCC(=O)NCC#Cc2ccc(C#CCNC(=O)CNC(=O)CN(Cc3ccccc3)Cc3c(-c4ccc(NC(=O)NCC)cc4)nc4n(Cc5c(F)cccc5F)cc(C(=O)OCC)c(=O)n34)cc2)Cc2ccccc2)cc1. The number of carbonyl (C=O) groups excluding carboxylic acids is 8. The molecule has 0 aliphatic carbocycles. The number of aromatic nitrogens is 6.